The fraction of sp³-hybridized carbons (Fsp3) is 0.706. The molecule has 0 aliphatic rings. The average Bonchev–Trinajstić information content (AvgIpc) is 2.90. The van der Waals surface area contributed by atoms with Crippen LogP contribution in [-0.4, -0.2) is 11.0 Å². The molecule has 0 N–H and O–H groups in total. The van der Waals surface area contributed by atoms with Gasteiger partial charge in [0.2, 0.25) is 6.54 Å². The molecule has 0 fully saturated rings. The molecular weight excluding hydrogens is 250 g/mol. The van der Waals surface area contributed by atoms with Crippen LogP contribution in [0.15, 0.2) is 22.8 Å². The van der Waals surface area contributed by atoms with Gasteiger partial charge in [-0.1, -0.05) is 58.8 Å². The normalized spacial score (nSPS) is 13.6. The number of nitrogens with zero attached hydrogens (tertiary/aromatic N) is 1. The molecule has 3 heteroatoms. The van der Waals surface area contributed by atoms with Crippen LogP contribution in [0.25, 0.3) is 0 Å². The first-order valence-corrected chi connectivity index (χ1v) is 8.03. The molecule has 1 heterocycles. The Morgan fingerprint density at radius 2 is 1.90 bits per heavy atom. The van der Waals surface area contributed by atoms with E-state index in [0.29, 0.717) is 12.5 Å². The Morgan fingerprint density at radius 1 is 1.20 bits per heavy atom. The molecule has 1 rings (SSSR count). The molecule has 0 saturated carbocycles. The first kappa shape index (κ1) is 16.8. The topological polar surface area (TPSA) is 39.2 Å². The van der Waals surface area contributed by atoms with E-state index in [2.05, 4.69) is 13.8 Å². The zero-order chi connectivity index (χ0) is 14.6. The molecule has 0 radical (unpaired) electrons. The summed E-state index contributed by atoms with van der Waals surface area (Å²) in [5.41, 5.74) is 0. The van der Waals surface area contributed by atoms with Crippen LogP contribution in [0.1, 0.15) is 71.0 Å². The van der Waals surface area contributed by atoms with Crippen molar-refractivity contribution in [2.45, 2.75) is 71.8 Å². The summed E-state index contributed by atoms with van der Waals surface area (Å²) in [6, 6.07) is 3.64. The molecule has 1 atom stereocenters. The van der Waals surface area contributed by atoms with Crippen molar-refractivity contribution in [2.24, 2.45) is 5.92 Å². The largest absolute Gasteiger partial charge is 0.624 e. The average molecular weight is 279 g/mol. The quantitative estimate of drug-likeness (QED) is 0.185. The second-order valence-electron chi connectivity index (χ2n) is 5.69. The Bertz CT molecular complexity index is 357. The van der Waals surface area contributed by atoms with E-state index >= 15 is 0 Å². The zero-order valence-electron chi connectivity index (χ0n) is 13.0. The number of rotatable bonds is 11. The summed E-state index contributed by atoms with van der Waals surface area (Å²) in [6.45, 7) is 4.67. The van der Waals surface area contributed by atoms with Crippen LogP contribution < -0.4 is 0 Å². The first-order valence-electron chi connectivity index (χ1n) is 8.03. The third-order valence-corrected chi connectivity index (χ3v) is 3.58. The van der Waals surface area contributed by atoms with Gasteiger partial charge in [-0.05, 0) is 18.6 Å². The van der Waals surface area contributed by atoms with E-state index in [1.54, 1.807) is 12.5 Å². The van der Waals surface area contributed by atoms with Crippen LogP contribution >= 0.6 is 0 Å². The second-order valence-corrected chi connectivity index (χ2v) is 5.69. The van der Waals surface area contributed by atoms with Gasteiger partial charge in [0.25, 0.3) is 0 Å². The lowest BCUT2D eigenvalue weighted by Gasteiger charge is -2.07. The lowest BCUT2D eigenvalue weighted by molar-refractivity contribution is -0.475. The van der Waals surface area contributed by atoms with E-state index in [1.165, 1.54) is 44.9 Å². The van der Waals surface area contributed by atoms with Crippen LogP contribution in [0.3, 0.4) is 0 Å². The number of unbranched alkanes of at least 4 members (excludes halogenated alkanes) is 6. The number of hydrogen-bond donors (Lipinski definition) is 0. The number of furan rings is 1. The maximum absolute atomic E-state index is 11.7. The Balaban J connectivity index is 2.08. The highest BCUT2D eigenvalue weighted by Crippen LogP contribution is 2.12. The van der Waals surface area contributed by atoms with Crippen LogP contribution in [0.5, 0.6) is 0 Å². The van der Waals surface area contributed by atoms with Gasteiger partial charge in [0.05, 0.1) is 6.26 Å². The fourth-order valence-electron chi connectivity index (χ4n) is 2.39. The minimum absolute atomic E-state index is 0.314. The van der Waals surface area contributed by atoms with Gasteiger partial charge < -0.3 is 9.62 Å². The molecule has 0 spiro atoms. The van der Waals surface area contributed by atoms with Crippen LogP contribution in [0.4, 0.5) is 0 Å². The molecule has 0 amide bonds. The van der Waals surface area contributed by atoms with Crippen molar-refractivity contribution < 1.29 is 9.16 Å². The molecule has 0 aliphatic heterocycles. The van der Waals surface area contributed by atoms with Crippen molar-refractivity contribution in [3.8, 4) is 0 Å². The van der Waals surface area contributed by atoms with Crippen molar-refractivity contribution in [2.75, 3.05) is 0 Å². The molecule has 1 aromatic rings. The summed E-state index contributed by atoms with van der Waals surface area (Å²) in [7, 11) is 0. The summed E-state index contributed by atoms with van der Waals surface area (Å²) in [5, 5.41) is 11.7. The predicted octanol–water partition coefficient (Wildman–Crippen LogP) is 5.14. The van der Waals surface area contributed by atoms with Crippen LogP contribution in [0.2, 0.25) is 0 Å². The molecule has 0 aromatic carbocycles. The zero-order valence-corrected chi connectivity index (χ0v) is 13.0. The highest BCUT2D eigenvalue weighted by molar-refractivity contribution is 5.54. The first-order chi connectivity index (χ1) is 9.72. The molecular formula is C17H29NO2. The van der Waals surface area contributed by atoms with Crippen molar-refractivity contribution in [3.63, 3.8) is 0 Å². The highest BCUT2D eigenvalue weighted by Gasteiger charge is 2.06. The standard InChI is InChI=1S/C17H29NO2/c1-3-4-5-6-7-8-9-11-16(2)14-18(19)15-17-12-10-13-20-17/h10,12-14,16H,3-9,11,15H2,1-2H3. The number of hydroxylamine groups is 1. The Morgan fingerprint density at radius 3 is 2.55 bits per heavy atom. The van der Waals surface area contributed by atoms with E-state index in [4.69, 9.17) is 4.42 Å². The molecule has 0 bridgehead atoms. The van der Waals surface area contributed by atoms with E-state index in [1.807, 2.05) is 12.1 Å². The van der Waals surface area contributed by atoms with E-state index < -0.39 is 0 Å². The lowest BCUT2D eigenvalue weighted by atomic mass is 10.0. The molecule has 3 nitrogen and oxygen atoms in total. The van der Waals surface area contributed by atoms with Crippen molar-refractivity contribution >= 4 is 6.21 Å². The summed E-state index contributed by atoms with van der Waals surface area (Å²) in [6.07, 6.45) is 13.7. The van der Waals surface area contributed by atoms with Gasteiger partial charge in [-0.2, -0.15) is 0 Å². The lowest BCUT2D eigenvalue weighted by Crippen LogP contribution is -2.10. The minimum atomic E-state index is 0.314. The SMILES string of the molecule is CCCCCCCCCC(C)C=[N+]([O-])Cc1ccco1. The van der Waals surface area contributed by atoms with Gasteiger partial charge in [-0.15, -0.1) is 0 Å². The number of hydrogen-bond acceptors (Lipinski definition) is 2. The van der Waals surface area contributed by atoms with Gasteiger partial charge in [0.1, 0.15) is 0 Å². The maximum Gasteiger partial charge on any atom is 0.210 e. The maximum atomic E-state index is 11.7. The summed E-state index contributed by atoms with van der Waals surface area (Å²) in [4.78, 5) is 0. The Hall–Kier alpha value is -1.25. The smallest absolute Gasteiger partial charge is 0.210 e. The molecule has 0 aliphatic carbocycles. The highest BCUT2D eigenvalue weighted by atomic mass is 16.5. The minimum Gasteiger partial charge on any atom is -0.624 e. The predicted molar refractivity (Wildman–Crippen MR) is 83.9 cm³/mol. The monoisotopic (exact) mass is 279 g/mol. The Kier molecular flexibility index (Phi) is 8.84. The molecule has 114 valence electrons. The molecule has 1 unspecified atom stereocenters. The summed E-state index contributed by atoms with van der Waals surface area (Å²) >= 11 is 0. The van der Waals surface area contributed by atoms with Gasteiger partial charge in [0, 0.05) is 5.92 Å². The van der Waals surface area contributed by atoms with E-state index in [9.17, 15) is 5.21 Å². The van der Waals surface area contributed by atoms with Gasteiger partial charge in [-0.25, -0.2) is 4.74 Å². The van der Waals surface area contributed by atoms with Crippen molar-refractivity contribution in [3.05, 3.63) is 29.4 Å². The van der Waals surface area contributed by atoms with Crippen LogP contribution in [0, 0.1) is 11.1 Å². The molecule has 20 heavy (non-hydrogen) atoms. The molecule has 0 saturated heterocycles. The van der Waals surface area contributed by atoms with Crippen molar-refractivity contribution in [1.29, 1.82) is 0 Å². The third kappa shape index (κ3) is 8.03. The summed E-state index contributed by atoms with van der Waals surface area (Å²) in [5.74, 6) is 1.07. The van der Waals surface area contributed by atoms with E-state index in [0.717, 1.165) is 16.9 Å². The van der Waals surface area contributed by atoms with Gasteiger partial charge in [-0.3, -0.25) is 0 Å². The fourth-order valence-corrected chi connectivity index (χ4v) is 2.39. The van der Waals surface area contributed by atoms with Gasteiger partial charge in [0.15, 0.2) is 12.0 Å². The molecule has 1 aromatic heterocycles. The van der Waals surface area contributed by atoms with Crippen LogP contribution in [-0.2, 0) is 6.54 Å². The van der Waals surface area contributed by atoms with Crippen molar-refractivity contribution in [1.82, 2.24) is 0 Å². The second kappa shape index (κ2) is 10.5. The third-order valence-electron chi connectivity index (χ3n) is 3.58. The summed E-state index contributed by atoms with van der Waals surface area (Å²) < 4.78 is 6.16. The van der Waals surface area contributed by atoms with E-state index in [-0.39, 0.29) is 0 Å². The van der Waals surface area contributed by atoms with Gasteiger partial charge >= 0.3 is 0 Å². The Labute approximate surface area is 123 Å².